The normalized spacial score (nSPS) is 39.7. The first-order chi connectivity index (χ1) is 8.42. The van der Waals surface area contributed by atoms with Gasteiger partial charge in [0.2, 0.25) is 0 Å². The van der Waals surface area contributed by atoms with Crippen LogP contribution in [0.3, 0.4) is 0 Å². The Morgan fingerprint density at radius 2 is 2.17 bits per heavy atom. The minimum atomic E-state index is -0.997. The summed E-state index contributed by atoms with van der Waals surface area (Å²) in [5.41, 5.74) is 4.98. The average molecular weight is 255 g/mol. The Hall–Kier alpha value is -0.650. The summed E-state index contributed by atoms with van der Waals surface area (Å²) in [6.07, 6.45) is 3.27. The number of carboxylic acid groups (broad SMARTS) is 1. The molecule has 2 aliphatic rings. The van der Waals surface area contributed by atoms with Gasteiger partial charge in [0.15, 0.2) is 0 Å². The van der Waals surface area contributed by atoms with E-state index in [1.165, 1.54) is 0 Å². The molecule has 3 N–H and O–H groups in total. The largest absolute Gasteiger partial charge is 0.480 e. The number of hydrogen-bond donors (Lipinski definition) is 2. The molecule has 18 heavy (non-hydrogen) atoms. The standard InChI is InChI=1S/C13H25N3O2/c1-10-9-15(2)6-3-7-16(10)11-4-5-13(14,8-11)12(17)18/h10-11H,3-9,14H2,1-2H3,(H,17,18). The van der Waals surface area contributed by atoms with E-state index in [9.17, 15) is 9.90 Å². The van der Waals surface area contributed by atoms with E-state index in [4.69, 9.17) is 5.73 Å². The molecule has 1 saturated carbocycles. The molecule has 2 rings (SSSR count). The Bertz CT molecular complexity index is 323. The van der Waals surface area contributed by atoms with E-state index in [2.05, 4.69) is 23.8 Å². The molecular formula is C13H25N3O2. The Balaban J connectivity index is 2.02. The van der Waals surface area contributed by atoms with E-state index < -0.39 is 11.5 Å². The van der Waals surface area contributed by atoms with Crippen molar-refractivity contribution in [1.82, 2.24) is 9.80 Å². The Morgan fingerprint density at radius 1 is 1.44 bits per heavy atom. The number of rotatable bonds is 2. The summed E-state index contributed by atoms with van der Waals surface area (Å²) in [4.78, 5) is 16.0. The highest BCUT2D eigenvalue weighted by Gasteiger charge is 2.44. The number of aliphatic carboxylic acids is 1. The van der Waals surface area contributed by atoms with Crippen LogP contribution in [0, 0.1) is 0 Å². The first kappa shape index (κ1) is 13.8. The van der Waals surface area contributed by atoms with Crippen molar-refractivity contribution in [3.8, 4) is 0 Å². The van der Waals surface area contributed by atoms with Crippen LogP contribution < -0.4 is 5.73 Å². The molecule has 104 valence electrons. The summed E-state index contributed by atoms with van der Waals surface area (Å²) < 4.78 is 0. The molecule has 2 fully saturated rings. The third kappa shape index (κ3) is 2.68. The first-order valence-corrected chi connectivity index (χ1v) is 6.89. The van der Waals surface area contributed by atoms with Crippen molar-refractivity contribution >= 4 is 5.97 Å². The second kappa shape index (κ2) is 5.15. The van der Waals surface area contributed by atoms with Crippen LogP contribution in [0.2, 0.25) is 0 Å². The maximum absolute atomic E-state index is 11.2. The molecule has 5 heteroatoms. The van der Waals surface area contributed by atoms with Gasteiger partial charge in [0.1, 0.15) is 5.54 Å². The zero-order valence-electron chi connectivity index (χ0n) is 11.4. The van der Waals surface area contributed by atoms with Gasteiger partial charge < -0.3 is 15.7 Å². The second-order valence-corrected chi connectivity index (χ2v) is 6.06. The summed E-state index contributed by atoms with van der Waals surface area (Å²) in [5, 5.41) is 9.20. The van der Waals surface area contributed by atoms with Crippen molar-refractivity contribution in [3.63, 3.8) is 0 Å². The van der Waals surface area contributed by atoms with Gasteiger partial charge in [-0.1, -0.05) is 0 Å². The van der Waals surface area contributed by atoms with Gasteiger partial charge in [0.25, 0.3) is 0 Å². The fourth-order valence-corrected chi connectivity index (χ4v) is 3.46. The molecule has 0 bridgehead atoms. The van der Waals surface area contributed by atoms with Crippen LogP contribution in [-0.2, 0) is 4.79 Å². The van der Waals surface area contributed by atoms with Gasteiger partial charge in [-0.25, -0.2) is 0 Å². The van der Waals surface area contributed by atoms with Crippen LogP contribution in [0.25, 0.3) is 0 Å². The molecule has 1 aliphatic carbocycles. The van der Waals surface area contributed by atoms with E-state index >= 15 is 0 Å². The van der Waals surface area contributed by atoms with Crippen LogP contribution in [0.1, 0.15) is 32.6 Å². The SMILES string of the molecule is CC1CN(C)CCCN1C1CCC(N)(C(=O)O)C1. The lowest BCUT2D eigenvalue weighted by atomic mass is 9.99. The van der Waals surface area contributed by atoms with Crippen molar-refractivity contribution in [1.29, 1.82) is 0 Å². The van der Waals surface area contributed by atoms with E-state index in [0.717, 1.165) is 32.5 Å². The van der Waals surface area contributed by atoms with Gasteiger partial charge in [0, 0.05) is 18.6 Å². The van der Waals surface area contributed by atoms with Crippen LogP contribution in [-0.4, -0.2) is 65.2 Å². The molecule has 3 atom stereocenters. The van der Waals surface area contributed by atoms with Crippen molar-refractivity contribution in [2.24, 2.45) is 5.73 Å². The maximum atomic E-state index is 11.2. The van der Waals surface area contributed by atoms with Crippen LogP contribution in [0.4, 0.5) is 0 Å². The molecule has 0 aromatic heterocycles. The molecule has 0 amide bonds. The van der Waals surface area contributed by atoms with Crippen molar-refractivity contribution in [3.05, 3.63) is 0 Å². The van der Waals surface area contributed by atoms with Gasteiger partial charge in [-0.05, 0) is 52.7 Å². The number of likely N-dealkylation sites (N-methyl/N-ethyl adjacent to an activating group) is 1. The van der Waals surface area contributed by atoms with Gasteiger partial charge >= 0.3 is 5.97 Å². The number of nitrogens with two attached hydrogens (primary N) is 1. The summed E-state index contributed by atoms with van der Waals surface area (Å²) in [5.74, 6) is -0.843. The van der Waals surface area contributed by atoms with Crippen molar-refractivity contribution in [2.45, 2.75) is 50.2 Å². The van der Waals surface area contributed by atoms with Gasteiger partial charge in [-0.15, -0.1) is 0 Å². The van der Waals surface area contributed by atoms with Crippen molar-refractivity contribution in [2.75, 3.05) is 26.7 Å². The zero-order chi connectivity index (χ0) is 13.3. The van der Waals surface area contributed by atoms with Crippen molar-refractivity contribution < 1.29 is 9.90 Å². The van der Waals surface area contributed by atoms with Crippen LogP contribution in [0.5, 0.6) is 0 Å². The van der Waals surface area contributed by atoms with Gasteiger partial charge in [-0.2, -0.15) is 0 Å². The molecular weight excluding hydrogens is 230 g/mol. The minimum absolute atomic E-state index is 0.340. The molecule has 5 nitrogen and oxygen atoms in total. The molecule has 0 aromatic rings. The molecule has 1 heterocycles. The number of carbonyl (C=O) groups is 1. The highest BCUT2D eigenvalue weighted by Crippen LogP contribution is 2.33. The predicted molar refractivity (Wildman–Crippen MR) is 70.5 cm³/mol. The summed E-state index contributed by atoms with van der Waals surface area (Å²) in [7, 11) is 2.15. The quantitative estimate of drug-likeness (QED) is 0.745. The Kier molecular flexibility index (Phi) is 3.94. The van der Waals surface area contributed by atoms with E-state index in [1.807, 2.05) is 0 Å². The smallest absolute Gasteiger partial charge is 0.323 e. The first-order valence-electron chi connectivity index (χ1n) is 6.89. The maximum Gasteiger partial charge on any atom is 0.323 e. The third-order valence-electron chi connectivity index (χ3n) is 4.52. The van der Waals surface area contributed by atoms with E-state index in [0.29, 0.717) is 24.9 Å². The molecule has 3 unspecified atom stereocenters. The molecule has 0 spiro atoms. The lowest BCUT2D eigenvalue weighted by molar-refractivity contribution is -0.143. The lowest BCUT2D eigenvalue weighted by Gasteiger charge is -2.34. The summed E-state index contributed by atoms with van der Waals surface area (Å²) in [6, 6.07) is 0.825. The lowest BCUT2D eigenvalue weighted by Crippen LogP contribution is -2.49. The van der Waals surface area contributed by atoms with Crippen LogP contribution in [0.15, 0.2) is 0 Å². The highest BCUT2D eigenvalue weighted by atomic mass is 16.4. The summed E-state index contributed by atoms with van der Waals surface area (Å²) in [6.45, 7) is 5.48. The fourth-order valence-electron chi connectivity index (χ4n) is 3.46. The second-order valence-electron chi connectivity index (χ2n) is 6.06. The Labute approximate surface area is 109 Å². The predicted octanol–water partition coefficient (Wildman–Crippen LogP) is 0.347. The number of nitrogens with zero attached hydrogens (tertiary/aromatic N) is 2. The minimum Gasteiger partial charge on any atom is -0.480 e. The zero-order valence-corrected chi connectivity index (χ0v) is 11.4. The molecule has 1 saturated heterocycles. The molecule has 0 radical (unpaired) electrons. The number of carboxylic acids is 1. The third-order valence-corrected chi connectivity index (χ3v) is 4.52. The van der Waals surface area contributed by atoms with Gasteiger partial charge in [-0.3, -0.25) is 9.69 Å². The average Bonchev–Trinajstić information content (AvgIpc) is 2.60. The Morgan fingerprint density at radius 3 is 2.78 bits per heavy atom. The highest BCUT2D eigenvalue weighted by molar-refractivity contribution is 5.79. The van der Waals surface area contributed by atoms with Crippen LogP contribution >= 0.6 is 0 Å². The van der Waals surface area contributed by atoms with E-state index in [1.54, 1.807) is 0 Å². The topological polar surface area (TPSA) is 69.8 Å². The molecule has 0 aromatic carbocycles. The van der Waals surface area contributed by atoms with Gasteiger partial charge in [0.05, 0.1) is 0 Å². The fraction of sp³-hybridized carbons (Fsp3) is 0.923. The monoisotopic (exact) mass is 255 g/mol. The summed E-state index contributed by atoms with van der Waals surface area (Å²) >= 11 is 0. The number of hydrogen-bond acceptors (Lipinski definition) is 4. The van der Waals surface area contributed by atoms with E-state index in [-0.39, 0.29) is 0 Å². The molecule has 1 aliphatic heterocycles.